The highest BCUT2D eigenvalue weighted by molar-refractivity contribution is 6.98. The molecule has 47 heavy (non-hydrogen) atoms. The summed E-state index contributed by atoms with van der Waals surface area (Å²) in [4.78, 5) is 0. The highest BCUT2D eigenvalue weighted by atomic mass is 16.5. The SMILES string of the molecule is c1ccc2c(c1)Oc1c(-c3ccc4oc5ccccc5c4c3)cc(-c3ccc4oc5ccccc5c4c3)c3c1B2c1ccccc1O3. The maximum absolute atomic E-state index is 6.89. The number of para-hydroxylation sites is 4. The van der Waals surface area contributed by atoms with Crippen molar-refractivity contribution in [2.24, 2.45) is 0 Å². The number of fused-ring (bicyclic) bond motifs is 10. The summed E-state index contributed by atoms with van der Waals surface area (Å²) in [6.07, 6.45) is 0. The van der Waals surface area contributed by atoms with Crippen molar-refractivity contribution in [1.82, 2.24) is 0 Å². The van der Waals surface area contributed by atoms with Gasteiger partial charge in [-0.3, -0.25) is 0 Å². The van der Waals surface area contributed by atoms with Crippen LogP contribution >= 0.6 is 0 Å². The lowest BCUT2D eigenvalue weighted by Crippen LogP contribution is -2.57. The van der Waals surface area contributed by atoms with Crippen molar-refractivity contribution in [3.8, 4) is 45.3 Å². The van der Waals surface area contributed by atoms with Gasteiger partial charge in [0.2, 0.25) is 0 Å². The Bertz CT molecular complexity index is 2580. The number of hydrogen-bond donors (Lipinski definition) is 0. The van der Waals surface area contributed by atoms with Crippen LogP contribution in [0, 0.1) is 0 Å². The van der Waals surface area contributed by atoms with Crippen molar-refractivity contribution < 1.29 is 18.3 Å². The first-order valence-electron chi connectivity index (χ1n) is 15.9. The van der Waals surface area contributed by atoms with Gasteiger partial charge in [-0.15, -0.1) is 0 Å². The summed E-state index contributed by atoms with van der Waals surface area (Å²) in [5, 5.41) is 4.33. The van der Waals surface area contributed by atoms with Gasteiger partial charge in [-0.1, -0.05) is 84.9 Å². The van der Waals surface area contributed by atoms with Gasteiger partial charge in [0.25, 0.3) is 6.71 Å². The second-order valence-corrected chi connectivity index (χ2v) is 12.4. The molecule has 2 aliphatic rings. The van der Waals surface area contributed by atoms with Crippen LogP contribution in [0.2, 0.25) is 0 Å². The van der Waals surface area contributed by atoms with Crippen molar-refractivity contribution in [2.75, 3.05) is 0 Å². The fourth-order valence-electron chi connectivity index (χ4n) is 7.69. The Balaban J connectivity index is 1.24. The topological polar surface area (TPSA) is 44.7 Å². The molecule has 9 aromatic rings. The molecule has 0 atom stereocenters. The first kappa shape index (κ1) is 25.0. The summed E-state index contributed by atoms with van der Waals surface area (Å²) >= 11 is 0. The molecule has 5 heteroatoms. The molecule has 0 bridgehead atoms. The van der Waals surface area contributed by atoms with Gasteiger partial charge in [-0.25, -0.2) is 0 Å². The molecule has 0 N–H and O–H groups in total. The first-order valence-corrected chi connectivity index (χ1v) is 15.9. The Hall–Kier alpha value is -6.20. The lowest BCUT2D eigenvalue weighted by molar-refractivity contribution is 0.467. The predicted octanol–water partition coefficient (Wildman–Crippen LogP) is 9.55. The lowest BCUT2D eigenvalue weighted by atomic mass is 9.34. The highest BCUT2D eigenvalue weighted by Crippen LogP contribution is 2.47. The van der Waals surface area contributed by atoms with E-state index in [0.29, 0.717) is 0 Å². The zero-order chi connectivity index (χ0) is 30.6. The summed E-state index contributed by atoms with van der Waals surface area (Å²) in [7, 11) is 0. The average Bonchev–Trinajstić information content (AvgIpc) is 3.69. The highest BCUT2D eigenvalue weighted by Gasteiger charge is 2.42. The predicted molar refractivity (Wildman–Crippen MR) is 190 cm³/mol. The van der Waals surface area contributed by atoms with E-state index in [2.05, 4.69) is 103 Å². The van der Waals surface area contributed by atoms with Gasteiger partial charge >= 0.3 is 0 Å². The van der Waals surface area contributed by atoms with Crippen LogP contribution in [0.5, 0.6) is 23.0 Å². The fourth-order valence-corrected chi connectivity index (χ4v) is 7.69. The molecule has 0 saturated heterocycles. The van der Waals surface area contributed by atoms with Crippen LogP contribution in [-0.4, -0.2) is 6.71 Å². The molecular formula is C42H23BO4. The fraction of sp³-hybridized carbons (Fsp3) is 0. The summed E-state index contributed by atoms with van der Waals surface area (Å²) in [6, 6.07) is 48.2. The molecule has 0 spiro atoms. The van der Waals surface area contributed by atoms with Crippen LogP contribution in [0.15, 0.2) is 148 Å². The van der Waals surface area contributed by atoms with Crippen molar-refractivity contribution in [3.05, 3.63) is 140 Å². The van der Waals surface area contributed by atoms with Crippen molar-refractivity contribution >= 4 is 67.0 Å². The monoisotopic (exact) mass is 602 g/mol. The van der Waals surface area contributed by atoms with Crippen LogP contribution in [0.4, 0.5) is 0 Å². The number of furan rings is 2. The van der Waals surface area contributed by atoms with Gasteiger partial charge in [0.1, 0.15) is 45.3 Å². The Morgan fingerprint density at radius 1 is 0.383 bits per heavy atom. The van der Waals surface area contributed by atoms with Gasteiger partial charge in [-0.05, 0) is 76.6 Å². The maximum Gasteiger partial charge on any atom is 0.260 e. The molecule has 0 amide bonds. The third-order valence-electron chi connectivity index (χ3n) is 9.82. The van der Waals surface area contributed by atoms with Gasteiger partial charge in [-0.2, -0.15) is 0 Å². The minimum atomic E-state index is -0.0504. The van der Waals surface area contributed by atoms with E-state index < -0.39 is 0 Å². The summed E-state index contributed by atoms with van der Waals surface area (Å²) in [5.74, 6) is 3.37. The van der Waals surface area contributed by atoms with Crippen LogP contribution in [-0.2, 0) is 0 Å². The van der Waals surface area contributed by atoms with E-state index in [4.69, 9.17) is 18.3 Å². The van der Waals surface area contributed by atoms with E-state index in [1.54, 1.807) is 0 Å². The standard InChI is InChI=1S/C42H23BO4/c1-5-13-34-26(9-1)30-21-24(17-19-36(30)44-34)28-23-29(25-18-20-37-31(22-25)27-10-2-6-14-35(27)45-37)42-40-41(28)46-38-15-7-3-11-32(38)43(40)33-12-4-8-16-39(33)47-42/h1-23H. The minimum absolute atomic E-state index is 0.0504. The van der Waals surface area contributed by atoms with Gasteiger partial charge in [0.05, 0.1) is 0 Å². The van der Waals surface area contributed by atoms with Crippen LogP contribution < -0.4 is 25.9 Å². The number of ether oxygens (including phenoxy) is 2. The molecule has 7 aromatic carbocycles. The van der Waals surface area contributed by atoms with Crippen LogP contribution in [0.25, 0.3) is 66.1 Å². The molecule has 11 rings (SSSR count). The third-order valence-corrected chi connectivity index (χ3v) is 9.82. The van der Waals surface area contributed by atoms with Crippen LogP contribution in [0.1, 0.15) is 0 Å². The Labute approximate surface area is 269 Å². The first-order chi connectivity index (χ1) is 23.3. The molecule has 0 unspecified atom stereocenters. The summed E-state index contributed by atoms with van der Waals surface area (Å²) in [5.41, 5.74) is 10.9. The van der Waals surface area contributed by atoms with E-state index in [1.165, 1.54) is 0 Å². The maximum atomic E-state index is 6.89. The van der Waals surface area contributed by atoms with Crippen molar-refractivity contribution in [3.63, 3.8) is 0 Å². The van der Waals surface area contributed by atoms with Crippen molar-refractivity contribution in [2.45, 2.75) is 0 Å². The summed E-state index contributed by atoms with van der Waals surface area (Å²) < 4.78 is 26.2. The Kier molecular flexibility index (Phi) is 4.89. The number of benzene rings is 7. The Morgan fingerprint density at radius 3 is 1.36 bits per heavy atom. The molecule has 2 aromatic heterocycles. The van der Waals surface area contributed by atoms with Gasteiger partial charge in [0.15, 0.2) is 0 Å². The zero-order valence-electron chi connectivity index (χ0n) is 25.0. The molecule has 0 aliphatic carbocycles. The second kappa shape index (κ2) is 9.18. The number of rotatable bonds is 2. The quantitative estimate of drug-likeness (QED) is 0.185. The largest absolute Gasteiger partial charge is 0.458 e. The van der Waals surface area contributed by atoms with E-state index in [-0.39, 0.29) is 6.71 Å². The smallest absolute Gasteiger partial charge is 0.260 e. The molecule has 2 aliphatic heterocycles. The van der Waals surface area contributed by atoms with E-state index in [9.17, 15) is 0 Å². The second-order valence-electron chi connectivity index (χ2n) is 12.4. The van der Waals surface area contributed by atoms with Crippen LogP contribution in [0.3, 0.4) is 0 Å². The lowest BCUT2D eigenvalue weighted by Gasteiger charge is -2.35. The molecule has 218 valence electrons. The molecule has 4 nitrogen and oxygen atoms in total. The molecule has 4 heterocycles. The van der Waals surface area contributed by atoms with Crippen molar-refractivity contribution in [1.29, 1.82) is 0 Å². The van der Waals surface area contributed by atoms with E-state index in [1.807, 2.05) is 36.4 Å². The molecule has 0 fully saturated rings. The minimum Gasteiger partial charge on any atom is -0.458 e. The normalized spacial score (nSPS) is 13.0. The number of hydrogen-bond acceptors (Lipinski definition) is 4. The molecule has 0 radical (unpaired) electrons. The Morgan fingerprint density at radius 2 is 0.830 bits per heavy atom. The molecule has 0 saturated carbocycles. The van der Waals surface area contributed by atoms with Gasteiger partial charge in [0, 0.05) is 38.1 Å². The van der Waals surface area contributed by atoms with E-state index in [0.717, 1.165) is 106 Å². The zero-order valence-corrected chi connectivity index (χ0v) is 25.0. The van der Waals surface area contributed by atoms with Gasteiger partial charge < -0.3 is 18.3 Å². The summed E-state index contributed by atoms with van der Waals surface area (Å²) in [6.45, 7) is -0.0504. The third kappa shape index (κ3) is 3.48. The van der Waals surface area contributed by atoms with E-state index >= 15 is 0 Å². The molecular weight excluding hydrogens is 579 g/mol. The average molecular weight is 602 g/mol.